The lowest BCUT2D eigenvalue weighted by atomic mass is 9.93. The number of hydrogen-bond acceptors (Lipinski definition) is 2. The molecule has 1 saturated carbocycles. The van der Waals surface area contributed by atoms with Crippen LogP contribution in [0.5, 0.6) is 0 Å². The van der Waals surface area contributed by atoms with E-state index in [4.69, 9.17) is 0 Å². The van der Waals surface area contributed by atoms with Crippen molar-refractivity contribution in [3.8, 4) is 0 Å². The molecule has 1 aliphatic rings. The highest BCUT2D eigenvalue weighted by molar-refractivity contribution is 7.99. The van der Waals surface area contributed by atoms with Gasteiger partial charge in [-0.25, -0.2) is 0 Å². The van der Waals surface area contributed by atoms with Crippen LogP contribution in [-0.2, 0) is 6.42 Å². The molecule has 3 atom stereocenters. The molecule has 0 heterocycles. The Morgan fingerprint density at radius 2 is 2.00 bits per heavy atom. The fourth-order valence-corrected chi connectivity index (χ4v) is 4.14. The Kier molecular flexibility index (Phi) is 7.12. The summed E-state index contributed by atoms with van der Waals surface area (Å²) >= 11 is 2.04. The summed E-state index contributed by atoms with van der Waals surface area (Å²) in [6.45, 7) is 4.57. The Labute approximate surface area is 135 Å². The van der Waals surface area contributed by atoms with Crippen LogP contribution in [0.15, 0.2) is 24.3 Å². The van der Waals surface area contributed by atoms with Crippen LogP contribution in [0.3, 0.4) is 0 Å². The summed E-state index contributed by atoms with van der Waals surface area (Å²) in [4.78, 5) is 0. The molecule has 118 valence electrons. The zero-order valence-corrected chi connectivity index (χ0v) is 14.7. The molecule has 0 aliphatic heterocycles. The molecule has 1 N–H and O–H groups in total. The monoisotopic (exact) mass is 305 g/mol. The average molecular weight is 306 g/mol. The van der Waals surface area contributed by atoms with Gasteiger partial charge in [0.1, 0.15) is 0 Å². The van der Waals surface area contributed by atoms with E-state index in [2.05, 4.69) is 49.7 Å². The van der Waals surface area contributed by atoms with E-state index >= 15 is 0 Å². The predicted molar refractivity (Wildman–Crippen MR) is 96.2 cm³/mol. The molecule has 0 spiro atoms. The third kappa shape index (κ3) is 5.34. The molecule has 0 radical (unpaired) electrons. The Hall–Kier alpha value is -0.470. The van der Waals surface area contributed by atoms with Crippen LogP contribution in [0, 0.1) is 0 Å². The van der Waals surface area contributed by atoms with E-state index in [-0.39, 0.29) is 0 Å². The molecule has 0 bridgehead atoms. The van der Waals surface area contributed by atoms with Crippen LogP contribution >= 0.6 is 11.8 Å². The van der Waals surface area contributed by atoms with Gasteiger partial charge in [-0.15, -0.1) is 0 Å². The van der Waals surface area contributed by atoms with E-state index in [0.717, 1.165) is 5.25 Å². The summed E-state index contributed by atoms with van der Waals surface area (Å²) in [6.07, 6.45) is 11.5. The molecule has 0 aromatic heterocycles. The summed E-state index contributed by atoms with van der Waals surface area (Å²) in [6, 6.07) is 10.4. The maximum absolute atomic E-state index is 3.85. The lowest BCUT2D eigenvalue weighted by Crippen LogP contribution is -2.36. The van der Waals surface area contributed by atoms with Crippen molar-refractivity contribution in [2.45, 2.75) is 76.1 Å². The number of rotatable bonds is 7. The third-order valence-electron chi connectivity index (χ3n) is 4.74. The van der Waals surface area contributed by atoms with Crippen molar-refractivity contribution >= 4 is 11.8 Å². The quantitative estimate of drug-likeness (QED) is 0.728. The standard InChI is InChI=1S/C19H31NS/c1-4-5-7-16-10-12-17(13-11-16)15(2)20-18-8-6-9-19(14-18)21-3/h10-13,15,18-20H,4-9,14H2,1-3H3. The second-order valence-electron chi connectivity index (χ2n) is 6.45. The van der Waals surface area contributed by atoms with E-state index in [1.54, 1.807) is 0 Å². The number of aryl methyl sites for hydroxylation is 1. The summed E-state index contributed by atoms with van der Waals surface area (Å²) < 4.78 is 0. The van der Waals surface area contributed by atoms with Gasteiger partial charge >= 0.3 is 0 Å². The Bertz CT molecular complexity index is 401. The summed E-state index contributed by atoms with van der Waals surface area (Å²) in [5.74, 6) is 0. The molecule has 21 heavy (non-hydrogen) atoms. The normalized spacial score (nSPS) is 24.0. The highest BCUT2D eigenvalue weighted by Gasteiger charge is 2.22. The largest absolute Gasteiger partial charge is 0.307 e. The van der Waals surface area contributed by atoms with Crippen LogP contribution < -0.4 is 5.32 Å². The van der Waals surface area contributed by atoms with Crippen molar-refractivity contribution in [2.24, 2.45) is 0 Å². The molecule has 3 unspecified atom stereocenters. The van der Waals surface area contributed by atoms with Gasteiger partial charge in [0.25, 0.3) is 0 Å². The van der Waals surface area contributed by atoms with Gasteiger partial charge in [0.05, 0.1) is 0 Å². The lowest BCUT2D eigenvalue weighted by Gasteiger charge is -2.31. The minimum atomic E-state index is 0.468. The Morgan fingerprint density at radius 1 is 1.24 bits per heavy atom. The molecule has 1 nitrogen and oxygen atoms in total. The first-order chi connectivity index (χ1) is 10.2. The van der Waals surface area contributed by atoms with Crippen LogP contribution in [0.4, 0.5) is 0 Å². The van der Waals surface area contributed by atoms with E-state index in [1.807, 2.05) is 11.8 Å². The maximum Gasteiger partial charge on any atom is 0.0294 e. The Balaban J connectivity index is 1.86. The first kappa shape index (κ1) is 16.9. The fraction of sp³-hybridized carbons (Fsp3) is 0.684. The third-order valence-corrected chi connectivity index (χ3v) is 5.84. The molecule has 1 aliphatic carbocycles. The number of hydrogen-bond donors (Lipinski definition) is 1. The second kappa shape index (κ2) is 8.85. The summed E-state index contributed by atoms with van der Waals surface area (Å²) in [5, 5.41) is 4.71. The van der Waals surface area contributed by atoms with E-state index in [0.29, 0.717) is 12.1 Å². The van der Waals surface area contributed by atoms with Gasteiger partial charge in [0, 0.05) is 17.3 Å². The van der Waals surface area contributed by atoms with Crippen LogP contribution in [0.25, 0.3) is 0 Å². The van der Waals surface area contributed by atoms with Crippen LogP contribution in [0.1, 0.15) is 69.5 Å². The van der Waals surface area contributed by atoms with Gasteiger partial charge in [-0.2, -0.15) is 11.8 Å². The average Bonchev–Trinajstić information content (AvgIpc) is 2.53. The molecule has 1 aromatic rings. The predicted octanol–water partition coefficient (Wildman–Crippen LogP) is 5.35. The van der Waals surface area contributed by atoms with Crippen molar-refractivity contribution in [1.82, 2.24) is 5.32 Å². The van der Waals surface area contributed by atoms with Gasteiger partial charge in [0.15, 0.2) is 0 Å². The van der Waals surface area contributed by atoms with Crippen LogP contribution in [0.2, 0.25) is 0 Å². The molecule has 0 saturated heterocycles. The number of unbranched alkanes of at least 4 members (excludes halogenated alkanes) is 1. The first-order valence-corrected chi connectivity index (χ1v) is 9.89. The van der Waals surface area contributed by atoms with Crippen molar-refractivity contribution in [2.75, 3.05) is 6.26 Å². The van der Waals surface area contributed by atoms with Gasteiger partial charge in [-0.3, -0.25) is 0 Å². The van der Waals surface area contributed by atoms with Gasteiger partial charge < -0.3 is 5.32 Å². The van der Waals surface area contributed by atoms with E-state index in [9.17, 15) is 0 Å². The van der Waals surface area contributed by atoms with Crippen molar-refractivity contribution in [3.05, 3.63) is 35.4 Å². The smallest absolute Gasteiger partial charge is 0.0294 e. The van der Waals surface area contributed by atoms with Crippen molar-refractivity contribution < 1.29 is 0 Å². The van der Waals surface area contributed by atoms with Gasteiger partial charge in [-0.05, 0) is 56.4 Å². The maximum atomic E-state index is 3.85. The van der Waals surface area contributed by atoms with Gasteiger partial charge in [-0.1, -0.05) is 44.0 Å². The molecule has 0 amide bonds. The molecular weight excluding hydrogens is 274 g/mol. The second-order valence-corrected chi connectivity index (χ2v) is 7.59. The SMILES string of the molecule is CCCCc1ccc(C(C)NC2CCCC(SC)C2)cc1. The molecular formula is C19H31NS. The van der Waals surface area contributed by atoms with Crippen LogP contribution in [-0.4, -0.2) is 17.5 Å². The number of benzene rings is 1. The molecule has 1 fully saturated rings. The zero-order chi connectivity index (χ0) is 15.1. The molecule has 2 heteroatoms. The fourth-order valence-electron chi connectivity index (χ4n) is 3.31. The minimum absolute atomic E-state index is 0.468. The highest BCUT2D eigenvalue weighted by Crippen LogP contribution is 2.28. The lowest BCUT2D eigenvalue weighted by molar-refractivity contribution is 0.353. The molecule has 2 rings (SSSR count). The minimum Gasteiger partial charge on any atom is -0.307 e. The van der Waals surface area contributed by atoms with E-state index in [1.165, 1.54) is 56.1 Å². The number of thioether (sulfide) groups is 1. The van der Waals surface area contributed by atoms with Crippen molar-refractivity contribution in [1.29, 1.82) is 0 Å². The zero-order valence-electron chi connectivity index (χ0n) is 13.9. The highest BCUT2D eigenvalue weighted by atomic mass is 32.2. The first-order valence-electron chi connectivity index (χ1n) is 8.60. The summed E-state index contributed by atoms with van der Waals surface area (Å²) in [7, 11) is 0. The topological polar surface area (TPSA) is 12.0 Å². The number of nitrogens with one attached hydrogen (secondary N) is 1. The molecule has 1 aromatic carbocycles. The Morgan fingerprint density at radius 3 is 2.67 bits per heavy atom. The van der Waals surface area contributed by atoms with E-state index < -0.39 is 0 Å². The van der Waals surface area contributed by atoms with Crippen molar-refractivity contribution in [3.63, 3.8) is 0 Å². The summed E-state index contributed by atoms with van der Waals surface area (Å²) in [5.41, 5.74) is 2.91. The van der Waals surface area contributed by atoms with Gasteiger partial charge in [0.2, 0.25) is 0 Å².